The Kier molecular flexibility index (Phi) is 20.5. The largest absolute Gasteiger partial charge is 0.756 e. The first kappa shape index (κ1) is 36.7. The van der Waals surface area contributed by atoms with Crippen LogP contribution in [0.2, 0.25) is 0 Å². The molecular formula is C31H56NO7P. The first-order valence-electron chi connectivity index (χ1n) is 15.3. The maximum Gasteiger partial charge on any atom is 0.306 e. The highest BCUT2D eigenvalue weighted by atomic mass is 31.2. The highest BCUT2D eigenvalue weighted by Gasteiger charge is 2.20. The third-order valence-corrected chi connectivity index (χ3v) is 7.59. The van der Waals surface area contributed by atoms with Gasteiger partial charge in [-0.25, -0.2) is 0 Å². The van der Waals surface area contributed by atoms with Gasteiger partial charge in [-0.05, 0) is 12.0 Å². The van der Waals surface area contributed by atoms with Crippen molar-refractivity contribution in [1.82, 2.24) is 0 Å². The van der Waals surface area contributed by atoms with Crippen LogP contribution >= 0.6 is 7.82 Å². The van der Waals surface area contributed by atoms with E-state index in [9.17, 15) is 14.3 Å². The van der Waals surface area contributed by atoms with Gasteiger partial charge in [-0.1, -0.05) is 114 Å². The summed E-state index contributed by atoms with van der Waals surface area (Å²) < 4.78 is 34.0. The Labute approximate surface area is 243 Å². The van der Waals surface area contributed by atoms with E-state index < -0.39 is 13.9 Å². The van der Waals surface area contributed by atoms with Gasteiger partial charge >= 0.3 is 5.97 Å². The van der Waals surface area contributed by atoms with Crippen molar-refractivity contribution in [1.29, 1.82) is 0 Å². The van der Waals surface area contributed by atoms with Crippen molar-refractivity contribution in [3.05, 3.63) is 35.9 Å². The van der Waals surface area contributed by atoms with Gasteiger partial charge in [-0.15, -0.1) is 0 Å². The van der Waals surface area contributed by atoms with E-state index in [0.29, 0.717) is 24.1 Å². The maximum atomic E-state index is 12.5. The van der Waals surface area contributed by atoms with Crippen molar-refractivity contribution in [2.75, 3.05) is 47.5 Å². The zero-order valence-corrected chi connectivity index (χ0v) is 26.5. The molecule has 0 aliphatic heterocycles. The molecule has 0 saturated carbocycles. The minimum Gasteiger partial charge on any atom is -0.756 e. The summed E-state index contributed by atoms with van der Waals surface area (Å²) >= 11 is 0. The monoisotopic (exact) mass is 585 g/mol. The molecule has 0 aromatic heterocycles. The van der Waals surface area contributed by atoms with Gasteiger partial charge in [0.2, 0.25) is 0 Å². The molecule has 0 heterocycles. The molecule has 1 aromatic rings. The summed E-state index contributed by atoms with van der Waals surface area (Å²) in [7, 11) is 1.30. The predicted molar refractivity (Wildman–Crippen MR) is 159 cm³/mol. The smallest absolute Gasteiger partial charge is 0.306 e. The van der Waals surface area contributed by atoms with Gasteiger partial charge in [0.1, 0.15) is 19.3 Å². The average Bonchev–Trinajstić information content (AvgIpc) is 2.89. The Morgan fingerprint density at radius 1 is 0.825 bits per heavy atom. The molecule has 0 aliphatic rings. The summed E-state index contributed by atoms with van der Waals surface area (Å²) in [5, 5.41) is 0. The van der Waals surface area contributed by atoms with Crippen LogP contribution in [0.3, 0.4) is 0 Å². The second kappa shape index (κ2) is 22.3. The molecule has 232 valence electrons. The summed E-state index contributed by atoms with van der Waals surface area (Å²) in [6, 6.07) is 9.61. The Morgan fingerprint density at radius 2 is 1.38 bits per heavy atom. The summed E-state index contributed by atoms with van der Waals surface area (Å²) in [6.45, 7) is 2.77. The Bertz CT molecular complexity index is 801. The first-order valence-corrected chi connectivity index (χ1v) is 16.8. The van der Waals surface area contributed by atoms with Crippen LogP contribution in [0.15, 0.2) is 30.3 Å². The number of phosphoric acid groups is 1. The third kappa shape index (κ3) is 22.4. The molecule has 1 aromatic carbocycles. The summed E-state index contributed by atoms with van der Waals surface area (Å²) in [6.07, 6.45) is 15.5. The van der Waals surface area contributed by atoms with Crippen molar-refractivity contribution in [2.45, 2.75) is 110 Å². The van der Waals surface area contributed by atoms with Gasteiger partial charge in [0.25, 0.3) is 7.82 Å². The number of nitrogens with zero attached hydrogens (tertiary/aromatic N) is 1. The molecular weight excluding hydrogens is 529 g/mol. The normalized spacial score (nSPS) is 14.1. The zero-order chi connectivity index (χ0) is 29.5. The molecule has 0 N–H and O–H groups in total. The lowest BCUT2D eigenvalue weighted by molar-refractivity contribution is -0.870. The number of likely N-dealkylation sites (N-methyl/N-ethyl adjacent to an activating group) is 1. The summed E-state index contributed by atoms with van der Waals surface area (Å²) in [4.78, 5) is 24.7. The van der Waals surface area contributed by atoms with Gasteiger partial charge in [0.05, 0.1) is 41.0 Å². The molecule has 40 heavy (non-hydrogen) atoms. The highest BCUT2D eigenvalue weighted by molar-refractivity contribution is 7.45. The number of hydrogen-bond donors (Lipinski definition) is 0. The second-order valence-electron chi connectivity index (χ2n) is 11.7. The maximum absolute atomic E-state index is 12.5. The number of hydrogen-bond acceptors (Lipinski definition) is 7. The van der Waals surface area contributed by atoms with Gasteiger partial charge in [-0.3, -0.25) is 9.36 Å². The molecule has 1 unspecified atom stereocenters. The number of rotatable bonds is 26. The quantitative estimate of drug-likeness (QED) is 0.0511. The number of phosphoric ester groups is 1. The van der Waals surface area contributed by atoms with Crippen molar-refractivity contribution in [3.63, 3.8) is 0 Å². The number of ether oxygens (including phenoxy) is 2. The van der Waals surface area contributed by atoms with Gasteiger partial charge < -0.3 is 27.9 Å². The fourth-order valence-electron chi connectivity index (χ4n) is 4.17. The lowest BCUT2D eigenvalue weighted by atomic mass is 10.0. The van der Waals surface area contributed by atoms with Crippen molar-refractivity contribution in [2.24, 2.45) is 0 Å². The number of benzene rings is 1. The zero-order valence-electron chi connectivity index (χ0n) is 25.7. The first-order chi connectivity index (χ1) is 19.1. The molecule has 0 saturated heterocycles. The molecule has 8 nitrogen and oxygen atoms in total. The van der Waals surface area contributed by atoms with E-state index in [1.807, 2.05) is 51.5 Å². The van der Waals surface area contributed by atoms with E-state index in [1.54, 1.807) is 0 Å². The lowest BCUT2D eigenvalue weighted by Crippen LogP contribution is -2.37. The number of quaternary nitrogens is 1. The fraction of sp³-hybridized carbons (Fsp3) is 0.774. The standard InChI is InChI=1S/C31H56NO7P/c1-5-6-7-8-9-10-11-12-13-14-15-16-20-23-31(33)39-30(27-36-26-29-21-18-17-19-22-29)28-38-40(34,35)37-25-24-32(2,3)4/h17-19,21-22,30H,5-16,20,23-28H2,1-4H3/t30-/m0/s1. The Hall–Kier alpha value is -1.28. The number of carbonyl (C=O) groups excluding carboxylic acids is 1. The van der Waals surface area contributed by atoms with Crippen LogP contribution < -0.4 is 4.89 Å². The Morgan fingerprint density at radius 3 is 1.93 bits per heavy atom. The molecule has 1 rings (SSSR count). The van der Waals surface area contributed by atoms with Crippen LogP contribution in [0, 0.1) is 0 Å². The summed E-state index contributed by atoms with van der Waals surface area (Å²) in [5.74, 6) is -0.369. The van der Waals surface area contributed by atoms with Crippen LogP contribution in [-0.4, -0.2) is 64.1 Å². The van der Waals surface area contributed by atoms with Gasteiger partial charge in [-0.2, -0.15) is 0 Å². The van der Waals surface area contributed by atoms with Crippen LogP contribution in [0.25, 0.3) is 0 Å². The van der Waals surface area contributed by atoms with E-state index in [4.69, 9.17) is 18.5 Å². The van der Waals surface area contributed by atoms with E-state index in [-0.39, 0.29) is 25.8 Å². The number of unbranched alkanes of at least 4 members (excludes halogenated alkanes) is 12. The molecule has 0 bridgehead atoms. The van der Waals surface area contributed by atoms with Crippen LogP contribution in [0.4, 0.5) is 0 Å². The van der Waals surface area contributed by atoms with Crippen molar-refractivity contribution in [3.8, 4) is 0 Å². The minimum absolute atomic E-state index is 0.0122. The Balaban J connectivity index is 2.31. The van der Waals surface area contributed by atoms with E-state index in [0.717, 1.165) is 24.8 Å². The van der Waals surface area contributed by atoms with Crippen molar-refractivity contribution >= 4 is 13.8 Å². The van der Waals surface area contributed by atoms with Gasteiger partial charge in [0.15, 0.2) is 0 Å². The molecule has 0 spiro atoms. The van der Waals surface area contributed by atoms with Crippen LogP contribution in [0.5, 0.6) is 0 Å². The molecule has 0 radical (unpaired) electrons. The van der Waals surface area contributed by atoms with Gasteiger partial charge in [0, 0.05) is 6.42 Å². The van der Waals surface area contributed by atoms with Crippen LogP contribution in [-0.2, 0) is 34.5 Å². The lowest BCUT2D eigenvalue weighted by Gasteiger charge is -2.28. The molecule has 0 amide bonds. The van der Waals surface area contributed by atoms with Crippen LogP contribution in [0.1, 0.15) is 102 Å². The molecule has 0 fully saturated rings. The minimum atomic E-state index is -4.52. The molecule has 9 heteroatoms. The molecule has 0 aliphatic carbocycles. The van der Waals surface area contributed by atoms with E-state index in [1.165, 1.54) is 64.2 Å². The number of carbonyl (C=O) groups is 1. The summed E-state index contributed by atoms with van der Waals surface area (Å²) in [5.41, 5.74) is 0.971. The topological polar surface area (TPSA) is 94.1 Å². The SMILES string of the molecule is CCCCCCCCCCCCCCCC(=O)O[C@@H](COCc1ccccc1)COP(=O)([O-])OCC[N+](C)(C)C. The predicted octanol–water partition coefficient (Wildman–Crippen LogP) is 6.80. The van der Waals surface area contributed by atoms with E-state index in [2.05, 4.69) is 6.92 Å². The second-order valence-corrected chi connectivity index (χ2v) is 13.1. The fourth-order valence-corrected chi connectivity index (χ4v) is 4.90. The van der Waals surface area contributed by atoms with Crippen molar-refractivity contribution < 1.29 is 37.3 Å². The number of esters is 1. The highest BCUT2D eigenvalue weighted by Crippen LogP contribution is 2.38. The van der Waals surface area contributed by atoms with E-state index >= 15 is 0 Å². The third-order valence-electron chi connectivity index (χ3n) is 6.63. The average molecular weight is 586 g/mol. The molecule has 2 atom stereocenters.